The lowest BCUT2D eigenvalue weighted by Crippen LogP contribution is -2.28. The Morgan fingerprint density at radius 2 is 1.79 bits per heavy atom. The molecule has 34 heavy (non-hydrogen) atoms. The first-order valence-corrected chi connectivity index (χ1v) is 10.8. The van der Waals surface area contributed by atoms with E-state index in [0.717, 1.165) is 28.0 Å². The van der Waals surface area contributed by atoms with Gasteiger partial charge in [-0.05, 0) is 48.2 Å². The van der Waals surface area contributed by atoms with E-state index in [2.05, 4.69) is 5.10 Å². The number of esters is 1. The van der Waals surface area contributed by atoms with Crippen LogP contribution in [0, 0.1) is 13.8 Å². The number of aliphatic hydroxyl groups excluding tert-OH is 1. The van der Waals surface area contributed by atoms with Crippen LogP contribution in [-0.2, 0) is 23.1 Å². The summed E-state index contributed by atoms with van der Waals surface area (Å²) in [5, 5.41) is 15.9. The van der Waals surface area contributed by atoms with E-state index in [-0.39, 0.29) is 11.3 Å². The van der Waals surface area contributed by atoms with Crippen LogP contribution in [0.5, 0.6) is 5.75 Å². The van der Waals surface area contributed by atoms with Crippen molar-refractivity contribution in [1.82, 2.24) is 14.3 Å². The minimum absolute atomic E-state index is 0.164. The van der Waals surface area contributed by atoms with Gasteiger partial charge in [0.1, 0.15) is 11.3 Å². The number of ether oxygens (including phenoxy) is 2. The van der Waals surface area contributed by atoms with Crippen LogP contribution in [0.1, 0.15) is 28.5 Å². The maximum Gasteiger partial charge on any atom is 0.340 e. The standard InChI is InChI=1S/C26H27N3O5/c1-15-6-9-18(12-16(15)2)21-20-13-27-29(14-17-7-10-19(33-4)11-8-17)22(20)25(31)28(3)23(21)24(30)26(32)34-5/h6-13,24,30H,14H2,1-5H3. The number of aromatic nitrogens is 3. The highest BCUT2D eigenvalue weighted by Gasteiger charge is 2.29. The van der Waals surface area contributed by atoms with Gasteiger partial charge in [0.25, 0.3) is 5.56 Å². The number of pyridine rings is 1. The van der Waals surface area contributed by atoms with E-state index in [1.807, 2.05) is 56.3 Å². The molecule has 0 radical (unpaired) electrons. The zero-order valence-corrected chi connectivity index (χ0v) is 19.8. The molecular weight excluding hydrogens is 434 g/mol. The maximum atomic E-state index is 13.5. The molecule has 4 aromatic rings. The smallest absolute Gasteiger partial charge is 0.340 e. The van der Waals surface area contributed by atoms with E-state index in [4.69, 9.17) is 9.47 Å². The molecule has 0 bridgehead atoms. The quantitative estimate of drug-likeness (QED) is 0.443. The molecule has 176 valence electrons. The van der Waals surface area contributed by atoms with Crippen molar-refractivity contribution >= 4 is 16.9 Å². The van der Waals surface area contributed by atoms with Crippen molar-refractivity contribution in [1.29, 1.82) is 0 Å². The summed E-state index contributed by atoms with van der Waals surface area (Å²) in [4.78, 5) is 25.8. The highest BCUT2D eigenvalue weighted by molar-refractivity contribution is 5.97. The largest absolute Gasteiger partial charge is 0.497 e. The molecule has 4 rings (SSSR count). The summed E-state index contributed by atoms with van der Waals surface area (Å²) in [6.45, 7) is 4.36. The number of fused-ring (bicyclic) bond motifs is 1. The Labute approximate surface area is 197 Å². The lowest BCUT2D eigenvalue weighted by Gasteiger charge is -2.20. The Balaban J connectivity index is 1.98. The summed E-state index contributed by atoms with van der Waals surface area (Å²) in [5.41, 5.74) is 4.61. The topological polar surface area (TPSA) is 95.6 Å². The van der Waals surface area contributed by atoms with Gasteiger partial charge < -0.3 is 19.1 Å². The highest BCUT2D eigenvalue weighted by Crippen LogP contribution is 2.35. The fourth-order valence-electron chi connectivity index (χ4n) is 4.14. The summed E-state index contributed by atoms with van der Waals surface area (Å²) in [5.74, 6) is -0.103. The molecule has 0 aliphatic heterocycles. The summed E-state index contributed by atoms with van der Waals surface area (Å²) in [6, 6.07) is 13.4. The molecule has 0 aliphatic carbocycles. The molecule has 1 atom stereocenters. The summed E-state index contributed by atoms with van der Waals surface area (Å²) >= 11 is 0. The Bertz CT molecular complexity index is 1430. The number of aryl methyl sites for hydroxylation is 2. The molecule has 2 aromatic heterocycles. The van der Waals surface area contributed by atoms with Gasteiger partial charge in [0.05, 0.1) is 32.7 Å². The number of carbonyl (C=O) groups is 1. The number of carbonyl (C=O) groups excluding carboxylic acids is 1. The first-order chi connectivity index (χ1) is 16.3. The van der Waals surface area contributed by atoms with E-state index in [0.29, 0.717) is 23.0 Å². The van der Waals surface area contributed by atoms with Crippen LogP contribution in [0.15, 0.2) is 53.5 Å². The van der Waals surface area contributed by atoms with E-state index in [1.165, 1.54) is 11.7 Å². The molecule has 1 unspecified atom stereocenters. The van der Waals surface area contributed by atoms with Crippen LogP contribution < -0.4 is 10.3 Å². The number of benzene rings is 2. The number of methoxy groups -OCH3 is 2. The molecular formula is C26H27N3O5. The van der Waals surface area contributed by atoms with Crippen molar-refractivity contribution in [3.05, 3.63) is 81.4 Å². The molecule has 1 N–H and O–H groups in total. The van der Waals surface area contributed by atoms with Gasteiger partial charge in [-0.25, -0.2) is 4.79 Å². The Morgan fingerprint density at radius 1 is 1.09 bits per heavy atom. The second-order valence-electron chi connectivity index (χ2n) is 8.26. The van der Waals surface area contributed by atoms with Gasteiger partial charge in [0.2, 0.25) is 0 Å². The van der Waals surface area contributed by atoms with Gasteiger partial charge in [-0.15, -0.1) is 0 Å². The Kier molecular flexibility index (Phi) is 6.26. The minimum atomic E-state index is -1.63. The molecule has 8 heteroatoms. The summed E-state index contributed by atoms with van der Waals surface area (Å²) in [7, 11) is 4.34. The van der Waals surface area contributed by atoms with E-state index in [9.17, 15) is 14.7 Å². The van der Waals surface area contributed by atoms with Crippen LogP contribution in [0.2, 0.25) is 0 Å². The van der Waals surface area contributed by atoms with Crippen LogP contribution in [0.3, 0.4) is 0 Å². The Hall–Kier alpha value is -3.91. The third-order valence-electron chi connectivity index (χ3n) is 6.20. The van der Waals surface area contributed by atoms with E-state index >= 15 is 0 Å². The number of nitrogens with zero attached hydrogens (tertiary/aromatic N) is 3. The third kappa shape index (κ3) is 3.97. The number of rotatable bonds is 6. The lowest BCUT2D eigenvalue weighted by molar-refractivity contribution is -0.151. The maximum absolute atomic E-state index is 13.5. The van der Waals surface area contributed by atoms with E-state index < -0.39 is 12.1 Å². The second kappa shape index (κ2) is 9.15. The molecule has 0 saturated carbocycles. The van der Waals surface area contributed by atoms with Crippen molar-refractivity contribution in [3.8, 4) is 16.9 Å². The predicted octanol–water partition coefficient (Wildman–Crippen LogP) is 3.28. The predicted molar refractivity (Wildman–Crippen MR) is 129 cm³/mol. The van der Waals surface area contributed by atoms with Crippen molar-refractivity contribution in [2.24, 2.45) is 7.05 Å². The van der Waals surface area contributed by atoms with Gasteiger partial charge in [0.15, 0.2) is 6.10 Å². The number of hydrogen-bond donors (Lipinski definition) is 1. The average molecular weight is 462 g/mol. The van der Waals surface area contributed by atoms with Crippen LogP contribution in [-0.4, -0.2) is 39.6 Å². The molecule has 0 aliphatic rings. The zero-order valence-electron chi connectivity index (χ0n) is 19.8. The van der Waals surface area contributed by atoms with Gasteiger partial charge >= 0.3 is 5.97 Å². The van der Waals surface area contributed by atoms with E-state index in [1.54, 1.807) is 25.0 Å². The third-order valence-corrected chi connectivity index (χ3v) is 6.20. The molecule has 2 aromatic carbocycles. The van der Waals surface area contributed by atoms with Gasteiger partial charge in [-0.1, -0.05) is 30.3 Å². The van der Waals surface area contributed by atoms with Crippen molar-refractivity contribution in [2.75, 3.05) is 14.2 Å². The number of hydrogen-bond acceptors (Lipinski definition) is 6. The van der Waals surface area contributed by atoms with Crippen molar-refractivity contribution < 1.29 is 19.4 Å². The summed E-state index contributed by atoms with van der Waals surface area (Å²) < 4.78 is 12.9. The lowest BCUT2D eigenvalue weighted by atomic mass is 9.94. The Morgan fingerprint density at radius 3 is 2.41 bits per heavy atom. The van der Waals surface area contributed by atoms with Gasteiger partial charge in [-0.3, -0.25) is 9.48 Å². The number of aliphatic hydroxyl groups is 1. The molecule has 0 saturated heterocycles. The summed E-state index contributed by atoms with van der Waals surface area (Å²) in [6.07, 6.45) is -0.0215. The monoisotopic (exact) mass is 461 g/mol. The second-order valence-corrected chi connectivity index (χ2v) is 8.26. The zero-order chi connectivity index (χ0) is 24.6. The minimum Gasteiger partial charge on any atom is -0.497 e. The van der Waals surface area contributed by atoms with Crippen LogP contribution in [0.4, 0.5) is 0 Å². The molecule has 0 spiro atoms. The van der Waals surface area contributed by atoms with Gasteiger partial charge in [0, 0.05) is 18.0 Å². The fourth-order valence-corrected chi connectivity index (χ4v) is 4.14. The average Bonchev–Trinajstić information content (AvgIpc) is 3.25. The van der Waals surface area contributed by atoms with Crippen LogP contribution in [0.25, 0.3) is 22.0 Å². The molecule has 0 fully saturated rings. The molecule has 0 amide bonds. The highest BCUT2D eigenvalue weighted by atomic mass is 16.5. The van der Waals surface area contributed by atoms with Crippen LogP contribution >= 0.6 is 0 Å². The fraction of sp³-hybridized carbons (Fsp3) is 0.269. The van der Waals surface area contributed by atoms with Gasteiger partial charge in [-0.2, -0.15) is 5.10 Å². The van der Waals surface area contributed by atoms with Crippen molar-refractivity contribution in [3.63, 3.8) is 0 Å². The first kappa shape index (κ1) is 23.3. The molecule has 8 nitrogen and oxygen atoms in total. The normalized spacial score (nSPS) is 12.1. The molecule has 2 heterocycles. The van der Waals surface area contributed by atoms with Crippen molar-refractivity contribution in [2.45, 2.75) is 26.5 Å². The first-order valence-electron chi connectivity index (χ1n) is 10.8. The SMILES string of the molecule is COC(=O)C(O)c1c(-c2ccc(C)c(C)c2)c2cnn(Cc3ccc(OC)cc3)c2c(=O)n1C.